The highest BCUT2D eigenvalue weighted by molar-refractivity contribution is 9.10. The van der Waals surface area contributed by atoms with E-state index in [-0.39, 0.29) is 36.8 Å². The first-order valence-corrected chi connectivity index (χ1v) is 8.56. The molecule has 1 saturated heterocycles. The molecule has 24 heavy (non-hydrogen) atoms. The Labute approximate surface area is 156 Å². The van der Waals surface area contributed by atoms with Crippen LogP contribution in [0.4, 0.5) is 4.39 Å². The molecular formula is C16H23BrClFN2O3. The monoisotopic (exact) mass is 424 g/mol. The zero-order valence-corrected chi connectivity index (χ0v) is 15.8. The van der Waals surface area contributed by atoms with Gasteiger partial charge in [0.15, 0.2) is 18.2 Å². The summed E-state index contributed by atoms with van der Waals surface area (Å²) in [6.07, 6.45) is 2.66. The summed E-state index contributed by atoms with van der Waals surface area (Å²) in [7, 11) is 0. The van der Waals surface area contributed by atoms with Crippen molar-refractivity contribution in [3.63, 3.8) is 0 Å². The Morgan fingerprint density at radius 2 is 2.08 bits per heavy atom. The number of benzene rings is 1. The molecular weight excluding hydrogens is 403 g/mol. The number of halogens is 3. The summed E-state index contributed by atoms with van der Waals surface area (Å²) in [6, 6.07) is 4.49. The van der Waals surface area contributed by atoms with Gasteiger partial charge in [0, 0.05) is 24.2 Å². The van der Waals surface area contributed by atoms with E-state index >= 15 is 0 Å². The van der Waals surface area contributed by atoms with Crippen molar-refractivity contribution < 1.29 is 18.7 Å². The molecule has 8 heteroatoms. The van der Waals surface area contributed by atoms with E-state index < -0.39 is 5.82 Å². The zero-order chi connectivity index (χ0) is 16.7. The molecule has 136 valence electrons. The van der Waals surface area contributed by atoms with Gasteiger partial charge in [-0.15, -0.1) is 12.4 Å². The quantitative estimate of drug-likeness (QED) is 0.682. The molecule has 0 spiro atoms. The number of carbonyl (C=O) groups excluding carboxylic acids is 1. The van der Waals surface area contributed by atoms with Gasteiger partial charge in [0.25, 0.3) is 5.91 Å². The fourth-order valence-corrected chi connectivity index (χ4v) is 2.76. The van der Waals surface area contributed by atoms with Crippen molar-refractivity contribution in [3.05, 3.63) is 28.5 Å². The van der Waals surface area contributed by atoms with Crippen molar-refractivity contribution in [2.45, 2.75) is 25.4 Å². The molecule has 0 bridgehead atoms. The highest BCUT2D eigenvalue weighted by Gasteiger charge is 2.23. The van der Waals surface area contributed by atoms with Gasteiger partial charge < -0.3 is 20.1 Å². The van der Waals surface area contributed by atoms with E-state index in [4.69, 9.17) is 15.2 Å². The van der Waals surface area contributed by atoms with Crippen LogP contribution < -0.4 is 10.5 Å². The molecule has 0 unspecified atom stereocenters. The lowest BCUT2D eigenvalue weighted by Crippen LogP contribution is -2.43. The molecule has 1 aliphatic heterocycles. The Morgan fingerprint density at radius 1 is 1.38 bits per heavy atom. The standard InChI is InChI=1S/C16H22BrFN2O3.ClH/c17-12-2-3-15(14(18)10-12)23-11-16(21)20-7-4-13(5-8-20)22-9-1-6-19;/h2-3,10,13H,1,4-9,11,19H2;1H. The minimum Gasteiger partial charge on any atom is -0.481 e. The van der Waals surface area contributed by atoms with E-state index in [0.29, 0.717) is 30.7 Å². The highest BCUT2D eigenvalue weighted by atomic mass is 79.9. The Bertz CT molecular complexity index is 528. The summed E-state index contributed by atoms with van der Waals surface area (Å²) >= 11 is 3.18. The van der Waals surface area contributed by atoms with E-state index in [1.165, 1.54) is 12.1 Å². The van der Waals surface area contributed by atoms with Crippen LogP contribution in [0.5, 0.6) is 5.75 Å². The second kappa shape index (κ2) is 10.9. The number of ether oxygens (including phenoxy) is 2. The predicted molar refractivity (Wildman–Crippen MR) is 96.1 cm³/mol. The number of hydrogen-bond acceptors (Lipinski definition) is 4. The van der Waals surface area contributed by atoms with Crippen LogP contribution in [0.3, 0.4) is 0 Å². The van der Waals surface area contributed by atoms with E-state index in [9.17, 15) is 9.18 Å². The number of hydrogen-bond donors (Lipinski definition) is 1. The molecule has 1 heterocycles. The normalized spacial score (nSPS) is 15.0. The Morgan fingerprint density at radius 3 is 2.71 bits per heavy atom. The van der Waals surface area contributed by atoms with Crippen LogP contribution in [0, 0.1) is 5.82 Å². The zero-order valence-electron chi connectivity index (χ0n) is 13.4. The lowest BCUT2D eigenvalue weighted by atomic mass is 10.1. The lowest BCUT2D eigenvalue weighted by Gasteiger charge is -2.31. The van der Waals surface area contributed by atoms with Crippen molar-refractivity contribution in [2.75, 3.05) is 32.8 Å². The topological polar surface area (TPSA) is 64.8 Å². The number of rotatable bonds is 7. The fraction of sp³-hybridized carbons (Fsp3) is 0.562. The van der Waals surface area contributed by atoms with Crippen LogP contribution in [0.15, 0.2) is 22.7 Å². The van der Waals surface area contributed by atoms with Crippen molar-refractivity contribution >= 4 is 34.2 Å². The van der Waals surface area contributed by atoms with Crippen LogP contribution >= 0.6 is 28.3 Å². The number of amides is 1. The second-order valence-electron chi connectivity index (χ2n) is 5.46. The molecule has 1 amide bonds. The number of carbonyl (C=O) groups is 1. The Balaban J connectivity index is 0.00000288. The maximum atomic E-state index is 13.6. The van der Waals surface area contributed by atoms with Gasteiger partial charge in [0.05, 0.1) is 6.10 Å². The van der Waals surface area contributed by atoms with Crippen LogP contribution in [-0.4, -0.2) is 49.8 Å². The number of likely N-dealkylation sites (tertiary alicyclic amines) is 1. The molecule has 1 aromatic rings. The SMILES string of the molecule is Cl.NCCCOC1CCN(C(=O)COc2ccc(Br)cc2F)CC1. The maximum Gasteiger partial charge on any atom is 0.260 e. The lowest BCUT2D eigenvalue weighted by molar-refractivity contribution is -0.136. The van der Waals surface area contributed by atoms with Gasteiger partial charge in [-0.2, -0.15) is 0 Å². The third kappa shape index (κ3) is 6.55. The van der Waals surface area contributed by atoms with Crippen LogP contribution in [0.25, 0.3) is 0 Å². The summed E-state index contributed by atoms with van der Waals surface area (Å²) in [5, 5.41) is 0. The first-order valence-electron chi connectivity index (χ1n) is 7.77. The van der Waals surface area contributed by atoms with Crippen LogP contribution in [-0.2, 0) is 9.53 Å². The molecule has 1 aromatic carbocycles. The van der Waals surface area contributed by atoms with Crippen molar-refractivity contribution in [2.24, 2.45) is 5.73 Å². The molecule has 0 radical (unpaired) electrons. The molecule has 2 rings (SSSR count). The third-order valence-electron chi connectivity index (χ3n) is 3.74. The Kier molecular flexibility index (Phi) is 9.58. The summed E-state index contributed by atoms with van der Waals surface area (Å²) < 4.78 is 25.3. The predicted octanol–water partition coefficient (Wildman–Crippen LogP) is 2.75. The van der Waals surface area contributed by atoms with Gasteiger partial charge >= 0.3 is 0 Å². The molecule has 1 fully saturated rings. The second-order valence-corrected chi connectivity index (χ2v) is 6.37. The Hall–Kier alpha value is -0.890. The molecule has 5 nitrogen and oxygen atoms in total. The average Bonchev–Trinajstić information content (AvgIpc) is 2.55. The van der Waals surface area contributed by atoms with Gasteiger partial charge in [0.2, 0.25) is 0 Å². The number of nitrogens with zero attached hydrogens (tertiary/aromatic N) is 1. The van der Waals surface area contributed by atoms with Crippen LogP contribution in [0.2, 0.25) is 0 Å². The van der Waals surface area contributed by atoms with Crippen molar-refractivity contribution in [3.8, 4) is 5.75 Å². The molecule has 0 atom stereocenters. The van der Waals surface area contributed by atoms with E-state index in [0.717, 1.165) is 19.3 Å². The molecule has 1 aliphatic rings. The first kappa shape index (κ1) is 21.2. The van der Waals surface area contributed by atoms with Crippen LogP contribution in [0.1, 0.15) is 19.3 Å². The minimum absolute atomic E-state index is 0. The number of nitrogens with two attached hydrogens (primary N) is 1. The maximum absolute atomic E-state index is 13.6. The summed E-state index contributed by atoms with van der Waals surface area (Å²) in [5.41, 5.74) is 5.43. The van der Waals surface area contributed by atoms with Crippen molar-refractivity contribution in [1.29, 1.82) is 0 Å². The minimum atomic E-state index is -0.487. The van der Waals surface area contributed by atoms with Gasteiger partial charge in [0.1, 0.15) is 0 Å². The smallest absolute Gasteiger partial charge is 0.260 e. The summed E-state index contributed by atoms with van der Waals surface area (Å²) in [6.45, 7) is 2.41. The summed E-state index contributed by atoms with van der Waals surface area (Å²) in [5.74, 6) is -0.534. The molecule has 0 saturated carbocycles. The van der Waals surface area contributed by atoms with E-state index in [2.05, 4.69) is 15.9 Å². The van der Waals surface area contributed by atoms with Gasteiger partial charge in [-0.05, 0) is 44.0 Å². The van der Waals surface area contributed by atoms with Gasteiger partial charge in [-0.3, -0.25) is 4.79 Å². The molecule has 2 N–H and O–H groups in total. The highest BCUT2D eigenvalue weighted by Crippen LogP contribution is 2.21. The largest absolute Gasteiger partial charge is 0.481 e. The molecule has 0 aromatic heterocycles. The molecule has 0 aliphatic carbocycles. The third-order valence-corrected chi connectivity index (χ3v) is 4.24. The first-order chi connectivity index (χ1) is 11.1. The number of piperidine rings is 1. The van der Waals surface area contributed by atoms with E-state index in [1.807, 2.05) is 0 Å². The van der Waals surface area contributed by atoms with Crippen molar-refractivity contribution in [1.82, 2.24) is 4.90 Å². The average molecular weight is 426 g/mol. The van der Waals surface area contributed by atoms with E-state index in [1.54, 1.807) is 11.0 Å². The van der Waals surface area contributed by atoms with Gasteiger partial charge in [-0.25, -0.2) is 4.39 Å². The summed E-state index contributed by atoms with van der Waals surface area (Å²) in [4.78, 5) is 13.9. The fourth-order valence-electron chi connectivity index (χ4n) is 2.43. The van der Waals surface area contributed by atoms with Gasteiger partial charge in [-0.1, -0.05) is 15.9 Å².